The molecule has 0 unspecified atom stereocenters. The van der Waals surface area contributed by atoms with Gasteiger partial charge in [0, 0.05) is 58.7 Å². The summed E-state index contributed by atoms with van der Waals surface area (Å²) in [6.07, 6.45) is 6.16. The first-order chi connectivity index (χ1) is 15.5. The monoisotopic (exact) mass is 437 g/mol. The number of hydrogen-bond donors (Lipinski definition) is 0. The van der Waals surface area contributed by atoms with Crippen LogP contribution in [-0.4, -0.2) is 41.0 Å². The van der Waals surface area contributed by atoms with Crippen LogP contribution in [0.1, 0.15) is 37.6 Å². The van der Waals surface area contributed by atoms with Crippen molar-refractivity contribution in [1.82, 2.24) is 14.1 Å². The first-order valence-corrected chi connectivity index (χ1v) is 11.7. The van der Waals surface area contributed by atoms with Crippen LogP contribution in [0.15, 0.2) is 35.3 Å². The second-order valence-corrected chi connectivity index (χ2v) is 9.32. The predicted octanol–water partition coefficient (Wildman–Crippen LogP) is 4.35. The fraction of sp³-hybridized carbons (Fsp3) is 0.538. The van der Waals surface area contributed by atoms with E-state index in [1.165, 1.54) is 11.3 Å². The van der Waals surface area contributed by atoms with Crippen LogP contribution in [0.3, 0.4) is 0 Å². The number of aryl methyl sites for hydroxylation is 3. The molecule has 1 aromatic carbocycles. The number of fused-ring (bicyclic) bond motifs is 1. The van der Waals surface area contributed by atoms with Crippen molar-refractivity contribution in [1.29, 1.82) is 0 Å². The molecule has 0 aliphatic carbocycles. The van der Waals surface area contributed by atoms with Crippen molar-refractivity contribution >= 4 is 11.0 Å². The first-order valence-electron chi connectivity index (χ1n) is 11.7. The van der Waals surface area contributed by atoms with Gasteiger partial charge in [0.05, 0.1) is 11.0 Å². The molecule has 32 heavy (non-hydrogen) atoms. The first kappa shape index (κ1) is 22.7. The summed E-state index contributed by atoms with van der Waals surface area (Å²) >= 11 is 0. The molecule has 1 aliphatic rings. The van der Waals surface area contributed by atoms with Crippen molar-refractivity contribution < 1.29 is 9.47 Å². The lowest BCUT2D eigenvalue weighted by molar-refractivity contribution is 0.0657. The fourth-order valence-electron chi connectivity index (χ4n) is 4.72. The summed E-state index contributed by atoms with van der Waals surface area (Å²) in [6, 6.07) is 8.45. The molecule has 3 aromatic rings. The van der Waals surface area contributed by atoms with Crippen molar-refractivity contribution in [2.45, 2.75) is 46.1 Å². The Bertz CT molecular complexity index is 1100. The highest BCUT2D eigenvalue weighted by molar-refractivity contribution is 5.82. The van der Waals surface area contributed by atoms with Crippen LogP contribution in [0.2, 0.25) is 0 Å². The van der Waals surface area contributed by atoms with E-state index in [9.17, 15) is 4.79 Å². The van der Waals surface area contributed by atoms with Gasteiger partial charge in [0.2, 0.25) is 0 Å². The third-order valence-electron chi connectivity index (χ3n) is 6.63. The van der Waals surface area contributed by atoms with E-state index >= 15 is 0 Å². The zero-order valence-electron chi connectivity index (χ0n) is 19.8. The van der Waals surface area contributed by atoms with Crippen molar-refractivity contribution in [3.05, 3.63) is 52.2 Å². The number of imidazole rings is 1. The van der Waals surface area contributed by atoms with Crippen molar-refractivity contribution in [2.24, 2.45) is 18.9 Å². The molecule has 172 valence electrons. The molecule has 1 aliphatic heterocycles. The van der Waals surface area contributed by atoms with Gasteiger partial charge in [-0.2, -0.15) is 0 Å². The maximum Gasteiger partial charge on any atom is 0.253 e. The van der Waals surface area contributed by atoms with Gasteiger partial charge in [0.1, 0.15) is 5.82 Å². The van der Waals surface area contributed by atoms with Crippen LogP contribution >= 0.6 is 0 Å². The molecule has 4 rings (SSSR count). The lowest BCUT2D eigenvalue weighted by atomic mass is 9.96. The summed E-state index contributed by atoms with van der Waals surface area (Å²) in [5.41, 5.74) is 5.17. The number of methoxy groups -OCH3 is 1. The lowest BCUT2D eigenvalue weighted by Gasteiger charge is -2.22. The predicted molar refractivity (Wildman–Crippen MR) is 128 cm³/mol. The van der Waals surface area contributed by atoms with Gasteiger partial charge in [-0.3, -0.25) is 4.79 Å². The molecule has 3 heterocycles. The summed E-state index contributed by atoms with van der Waals surface area (Å²) < 4.78 is 15.0. The van der Waals surface area contributed by atoms with Gasteiger partial charge in [0.25, 0.3) is 5.56 Å². The van der Waals surface area contributed by atoms with E-state index in [0.717, 1.165) is 74.3 Å². The molecule has 1 saturated heterocycles. The van der Waals surface area contributed by atoms with Crippen LogP contribution < -0.4 is 5.56 Å². The summed E-state index contributed by atoms with van der Waals surface area (Å²) in [4.78, 5) is 17.2. The van der Waals surface area contributed by atoms with Gasteiger partial charge in [-0.25, -0.2) is 4.98 Å². The van der Waals surface area contributed by atoms with E-state index in [2.05, 4.69) is 29.7 Å². The average Bonchev–Trinajstić information content (AvgIpc) is 3.12. The third-order valence-corrected chi connectivity index (χ3v) is 6.63. The van der Waals surface area contributed by atoms with E-state index in [1.54, 1.807) is 11.7 Å². The molecule has 0 amide bonds. The molecule has 1 atom stereocenters. The summed E-state index contributed by atoms with van der Waals surface area (Å²) in [6.45, 7) is 7.51. The van der Waals surface area contributed by atoms with Gasteiger partial charge in [-0.15, -0.1) is 0 Å². The second kappa shape index (κ2) is 10.0. The maximum atomic E-state index is 12.1. The van der Waals surface area contributed by atoms with Crippen LogP contribution in [0.25, 0.3) is 22.2 Å². The molecule has 0 bridgehead atoms. The third kappa shape index (κ3) is 4.97. The molecule has 0 radical (unpaired) electrons. The lowest BCUT2D eigenvalue weighted by Crippen LogP contribution is -2.20. The largest absolute Gasteiger partial charge is 0.384 e. The number of pyridine rings is 1. The summed E-state index contributed by atoms with van der Waals surface area (Å²) in [5, 5.41) is 0. The Balaban J connectivity index is 1.72. The quantitative estimate of drug-likeness (QED) is 0.526. The molecule has 6 heteroatoms. The number of benzene rings is 1. The molecule has 0 saturated carbocycles. The minimum Gasteiger partial charge on any atom is -0.384 e. The Labute approximate surface area is 190 Å². The zero-order chi connectivity index (χ0) is 22.7. The molecule has 6 nitrogen and oxygen atoms in total. The number of nitrogens with zero attached hydrogens (tertiary/aromatic N) is 3. The molecular formula is C26H35N3O3. The molecule has 0 spiro atoms. The molecular weight excluding hydrogens is 402 g/mol. The van der Waals surface area contributed by atoms with Gasteiger partial charge in [-0.1, -0.05) is 13.0 Å². The van der Waals surface area contributed by atoms with Crippen LogP contribution in [0.4, 0.5) is 0 Å². The van der Waals surface area contributed by atoms with Crippen molar-refractivity contribution in [3.63, 3.8) is 0 Å². The average molecular weight is 438 g/mol. The Morgan fingerprint density at radius 2 is 2.00 bits per heavy atom. The van der Waals surface area contributed by atoms with Gasteiger partial charge < -0.3 is 18.6 Å². The molecule has 2 aromatic heterocycles. The minimum absolute atomic E-state index is 0.0470. The smallest absolute Gasteiger partial charge is 0.253 e. The van der Waals surface area contributed by atoms with Gasteiger partial charge in [-0.05, 0) is 67.3 Å². The Hall–Kier alpha value is -2.44. The highest BCUT2D eigenvalue weighted by atomic mass is 16.5. The SMILES string of the molecule is COC[C@@H](C)CCn1c(CC2CCOCC2)nc2ccc(-c3cc(C)c(=O)n(C)c3)cc21. The minimum atomic E-state index is 0.0470. The molecule has 1 fully saturated rings. The van der Waals surface area contributed by atoms with Gasteiger partial charge >= 0.3 is 0 Å². The van der Waals surface area contributed by atoms with Crippen LogP contribution in [0, 0.1) is 18.8 Å². The van der Waals surface area contributed by atoms with Crippen molar-refractivity contribution in [2.75, 3.05) is 26.9 Å². The van der Waals surface area contributed by atoms with Crippen LogP contribution in [-0.2, 0) is 29.5 Å². The van der Waals surface area contributed by atoms with E-state index in [-0.39, 0.29) is 5.56 Å². The highest BCUT2D eigenvalue weighted by Gasteiger charge is 2.20. The summed E-state index contributed by atoms with van der Waals surface area (Å²) in [7, 11) is 3.58. The summed E-state index contributed by atoms with van der Waals surface area (Å²) in [5.74, 6) is 2.29. The van der Waals surface area contributed by atoms with Gasteiger partial charge in [0.15, 0.2) is 0 Å². The normalized spacial score (nSPS) is 16.0. The number of hydrogen-bond acceptors (Lipinski definition) is 4. The van der Waals surface area contributed by atoms with Crippen LogP contribution in [0.5, 0.6) is 0 Å². The topological polar surface area (TPSA) is 58.3 Å². The maximum absolute atomic E-state index is 12.1. The van der Waals surface area contributed by atoms with E-state index in [0.29, 0.717) is 11.8 Å². The second-order valence-electron chi connectivity index (χ2n) is 9.32. The molecule has 0 N–H and O–H groups in total. The van der Waals surface area contributed by atoms with E-state index < -0.39 is 0 Å². The number of ether oxygens (including phenoxy) is 2. The standard InChI is InChI=1S/C26H35N3O3/c1-18(17-31-4)7-10-29-24-15-21(22-13-19(2)26(30)28(3)16-22)5-6-23(24)27-25(29)14-20-8-11-32-12-9-20/h5-6,13,15-16,18,20H,7-12,14,17H2,1-4H3/t18-/m0/s1. The Kier molecular flexibility index (Phi) is 7.11. The number of aromatic nitrogens is 3. The van der Waals surface area contributed by atoms with Crippen molar-refractivity contribution in [3.8, 4) is 11.1 Å². The Morgan fingerprint density at radius 3 is 2.72 bits per heavy atom. The highest BCUT2D eigenvalue weighted by Crippen LogP contribution is 2.28. The Morgan fingerprint density at radius 1 is 1.22 bits per heavy atom. The van der Waals surface area contributed by atoms with E-state index in [1.807, 2.05) is 26.2 Å². The fourth-order valence-corrected chi connectivity index (χ4v) is 4.72. The van der Waals surface area contributed by atoms with E-state index in [4.69, 9.17) is 14.5 Å². The zero-order valence-corrected chi connectivity index (χ0v) is 19.8. The number of rotatable bonds is 8.